The molecule has 2 aliphatic heterocycles. The summed E-state index contributed by atoms with van der Waals surface area (Å²) in [4.78, 5) is 48.2. The Labute approximate surface area is 114 Å². The summed E-state index contributed by atoms with van der Waals surface area (Å²) >= 11 is 0. The predicted molar refractivity (Wildman–Crippen MR) is 63.5 cm³/mol. The molecule has 2 unspecified atom stereocenters. The van der Waals surface area contributed by atoms with Gasteiger partial charge in [0, 0.05) is 13.0 Å². The molecule has 0 radical (unpaired) electrons. The normalized spacial score (nSPS) is 30.4. The van der Waals surface area contributed by atoms with Gasteiger partial charge in [0.05, 0.1) is 6.10 Å². The largest absolute Gasteiger partial charge is 0.480 e. The molecule has 0 aromatic heterocycles. The van der Waals surface area contributed by atoms with Gasteiger partial charge in [0.1, 0.15) is 18.6 Å². The highest BCUT2D eigenvalue weighted by Crippen LogP contribution is 2.21. The van der Waals surface area contributed by atoms with Gasteiger partial charge in [-0.05, 0) is 6.92 Å². The number of likely N-dealkylation sites (tertiary alicyclic amines) is 1. The quantitative estimate of drug-likeness (QED) is 0.477. The average molecular weight is 285 g/mol. The molecular formula is C11H15N3O6. The van der Waals surface area contributed by atoms with Crippen LogP contribution < -0.4 is 5.32 Å². The summed E-state index contributed by atoms with van der Waals surface area (Å²) in [5.41, 5.74) is 0. The van der Waals surface area contributed by atoms with Crippen molar-refractivity contribution in [1.29, 1.82) is 0 Å². The number of aliphatic hydroxyl groups is 1. The number of β-amino-alcohol motifs (C(OH)–C–C–N with tert-alkyl or cyclic N) is 1. The molecule has 9 heteroatoms. The van der Waals surface area contributed by atoms with E-state index in [2.05, 4.69) is 5.32 Å². The number of rotatable bonds is 1. The minimum absolute atomic E-state index is 0.0660. The fourth-order valence-corrected chi connectivity index (χ4v) is 2.37. The van der Waals surface area contributed by atoms with E-state index < -0.39 is 42.0 Å². The van der Waals surface area contributed by atoms with Gasteiger partial charge in [0.25, 0.3) is 0 Å². The summed E-state index contributed by atoms with van der Waals surface area (Å²) in [5.74, 6) is -2.45. The number of piperazine rings is 1. The Morgan fingerprint density at radius 3 is 2.55 bits per heavy atom. The molecule has 20 heavy (non-hydrogen) atoms. The SMILES string of the molecule is CC1C(=O)NC(=O)CN1C(=O)N1CC(O)C[C@H]1C(=O)O. The number of hydrogen-bond donors (Lipinski definition) is 3. The Hall–Kier alpha value is -2.16. The molecule has 3 atom stereocenters. The number of urea groups is 1. The molecular weight excluding hydrogens is 270 g/mol. The lowest BCUT2D eigenvalue weighted by Crippen LogP contribution is -2.62. The van der Waals surface area contributed by atoms with Gasteiger partial charge in [0.2, 0.25) is 11.8 Å². The Bertz CT molecular complexity index is 479. The van der Waals surface area contributed by atoms with Gasteiger partial charge in [-0.15, -0.1) is 0 Å². The van der Waals surface area contributed by atoms with Crippen LogP contribution in [-0.4, -0.2) is 75.1 Å². The van der Waals surface area contributed by atoms with Crippen molar-refractivity contribution < 1.29 is 29.4 Å². The topological polar surface area (TPSA) is 127 Å². The number of aliphatic hydroxyl groups excluding tert-OH is 1. The summed E-state index contributed by atoms with van der Waals surface area (Å²) in [7, 11) is 0. The number of carboxylic acid groups (broad SMARTS) is 1. The van der Waals surface area contributed by atoms with Gasteiger partial charge in [-0.25, -0.2) is 9.59 Å². The number of imide groups is 1. The third-order valence-corrected chi connectivity index (χ3v) is 3.48. The Morgan fingerprint density at radius 2 is 1.95 bits per heavy atom. The maximum absolute atomic E-state index is 12.3. The van der Waals surface area contributed by atoms with E-state index in [0.29, 0.717) is 0 Å². The highest BCUT2D eigenvalue weighted by atomic mass is 16.4. The lowest BCUT2D eigenvalue weighted by atomic mass is 10.2. The third-order valence-electron chi connectivity index (χ3n) is 3.48. The highest BCUT2D eigenvalue weighted by Gasteiger charge is 2.44. The zero-order chi connectivity index (χ0) is 15.0. The van der Waals surface area contributed by atoms with Crippen molar-refractivity contribution in [2.24, 2.45) is 0 Å². The highest BCUT2D eigenvalue weighted by molar-refractivity contribution is 6.04. The second-order valence-corrected chi connectivity index (χ2v) is 4.89. The van der Waals surface area contributed by atoms with Crippen molar-refractivity contribution in [3.63, 3.8) is 0 Å². The number of carbonyl (C=O) groups excluding carboxylic acids is 3. The molecule has 2 fully saturated rings. The van der Waals surface area contributed by atoms with E-state index in [0.717, 1.165) is 9.80 Å². The van der Waals surface area contributed by atoms with Crippen molar-refractivity contribution in [3.8, 4) is 0 Å². The molecule has 0 aromatic rings. The number of amides is 4. The van der Waals surface area contributed by atoms with E-state index in [1.165, 1.54) is 6.92 Å². The number of nitrogens with one attached hydrogen (secondary N) is 1. The molecule has 4 amide bonds. The monoisotopic (exact) mass is 285 g/mol. The molecule has 2 heterocycles. The summed E-state index contributed by atoms with van der Waals surface area (Å²) in [6.45, 7) is 1.00. The summed E-state index contributed by atoms with van der Waals surface area (Å²) in [6.07, 6.45) is -0.992. The van der Waals surface area contributed by atoms with E-state index in [4.69, 9.17) is 5.11 Å². The van der Waals surface area contributed by atoms with Gasteiger partial charge in [-0.2, -0.15) is 0 Å². The number of nitrogens with zero attached hydrogens (tertiary/aromatic N) is 2. The Kier molecular flexibility index (Phi) is 3.62. The first kappa shape index (κ1) is 14.3. The minimum Gasteiger partial charge on any atom is -0.480 e. The van der Waals surface area contributed by atoms with E-state index in [-0.39, 0.29) is 19.5 Å². The van der Waals surface area contributed by atoms with Crippen molar-refractivity contribution in [1.82, 2.24) is 15.1 Å². The molecule has 110 valence electrons. The van der Waals surface area contributed by atoms with Crippen molar-refractivity contribution in [2.75, 3.05) is 13.1 Å². The number of carbonyl (C=O) groups is 4. The molecule has 3 N–H and O–H groups in total. The zero-order valence-electron chi connectivity index (χ0n) is 10.8. The van der Waals surface area contributed by atoms with Gasteiger partial charge < -0.3 is 20.0 Å². The van der Waals surface area contributed by atoms with Crippen LogP contribution in [0.15, 0.2) is 0 Å². The summed E-state index contributed by atoms with van der Waals surface area (Å²) in [6, 6.07) is -2.75. The Balaban J connectivity index is 2.19. The maximum Gasteiger partial charge on any atom is 0.326 e. The summed E-state index contributed by atoms with van der Waals surface area (Å²) < 4.78 is 0. The van der Waals surface area contributed by atoms with Crippen molar-refractivity contribution in [2.45, 2.75) is 31.5 Å². The molecule has 0 aliphatic carbocycles. The first-order chi connectivity index (χ1) is 9.31. The van der Waals surface area contributed by atoms with E-state index >= 15 is 0 Å². The average Bonchev–Trinajstić information content (AvgIpc) is 2.75. The minimum atomic E-state index is -1.23. The second-order valence-electron chi connectivity index (χ2n) is 4.89. The lowest BCUT2D eigenvalue weighted by molar-refractivity contribution is -0.141. The molecule has 0 spiro atoms. The lowest BCUT2D eigenvalue weighted by Gasteiger charge is -2.35. The van der Waals surface area contributed by atoms with Crippen molar-refractivity contribution in [3.05, 3.63) is 0 Å². The van der Waals surface area contributed by atoms with Crippen LogP contribution in [0, 0.1) is 0 Å². The molecule has 0 aromatic carbocycles. The standard InChI is InChI=1S/C11H15N3O6/c1-5-9(17)12-8(16)4-13(5)11(20)14-3-6(15)2-7(14)10(18)19/h5-7,15H,2-4H2,1H3,(H,18,19)(H,12,16,17)/t5?,6?,7-/m0/s1. The van der Waals surface area contributed by atoms with Crippen LogP contribution in [0.2, 0.25) is 0 Å². The maximum atomic E-state index is 12.3. The molecule has 2 aliphatic rings. The van der Waals surface area contributed by atoms with E-state index in [1.54, 1.807) is 0 Å². The molecule has 0 bridgehead atoms. The van der Waals surface area contributed by atoms with Crippen LogP contribution in [0.25, 0.3) is 0 Å². The second kappa shape index (κ2) is 5.08. The summed E-state index contributed by atoms with van der Waals surface area (Å²) in [5, 5.41) is 20.7. The molecule has 2 saturated heterocycles. The number of aliphatic carboxylic acids is 1. The predicted octanol–water partition coefficient (Wildman–Crippen LogP) is -2.03. The van der Waals surface area contributed by atoms with Crippen LogP contribution in [-0.2, 0) is 14.4 Å². The fourth-order valence-electron chi connectivity index (χ4n) is 2.37. The third kappa shape index (κ3) is 2.44. The molecule has 2 rings (SSSR count). The molecule has 0 saturated carbocycles. The van der Waals surface area contributed by atoms with Gasteiger partial charge in [-0.3, -0.25) is 14.9 Å². The Morgan fingerprint density at radius 1 is 1.30 bits per heavy atom. The first-order valence-electron chi connectivity index (χ1n) is 6.13. The van der Waals surface area contributed by atoms with Crippen LogP contribution >= 0.6 is 0 Å². The van der Waals surface area contributed by atoms with Crippen LogP contribution in [0.3, 0.4) is 0 Å². The van der Waals surface area contributed by atoms with Crippen LogP contribution in [0.4, 0.5) is 4.79 Å². The van der Waals surface area contributed by atoms with Crippen LogP contribution in [0.5, 0.6) is 0 Å². The molecule has 9 nitrogen and oxygen atoms in total. The number of carboxylic acids is 1. The van der Waals surface area contributed by atoms with Crippen LogP contribution in [0.1, 0.15) is 13.3 Å². The zero-order valence-corrected chi connectivity index (χ0v) is 10.8. The van der Waals surface area contributed by atoms with E-state index in [9.17, 15) is 24.3 Å². The fraction of sp³-hybridized carbons (Fsp3) is 0.636. The number of hydrogen-bond acceptors (Lipinski definition) is 5. The first-order valence-corrected chi connectivity index (χ1v) is 6.13. The van der Waals surface area contributed by atoms with Crippen molar-refractivity contribution >= 4 is 23.8 Å². The smallest absolute Gasteiger partial charge is 0.326 e. The van der Waals surface area contributed by atoms with Gasteiger partial charge in [0.15, 0.2) is 0 Å². The van der Waals surface area contributed by atoms with E-state index in [1.807, 2.05) is 0 Å². The van der Waals surface area contributed by atoms with Gasteiger partial charge >= 0.3 is 12.0 Å². The van der Waals surface area contributed by atoms with Gasteiger partial charge in [-0.1, -0.05) is 0 Å².